The summed E-state index contributed by atoms with van der Waals surface area (Å²) in [6.45, 7) is 0.267. The number of aliphatic hydroxyl groups excluding tert-OH is 1. The van der Waals surface area contributed by atoms with E-state index in [2.05, 4.69) is 15.5 Å². The van der Waals surface area contributed by atoms with Gasteiger partial charge in [0, 0.05) is 16.9 Å². The molecule has 2 N–H and O–H groups in total. The highest BCUT2D eigenvalue weighted by Crippen LogP contribution is 2.32. The van der Waals surface area contributed by atoms with Crippen molar-refractivity contribution in [2.45, 2.75) is 44.8 Å². The van der Waals surface area contributed by atoms with Crippen LogP contribution in [0.4, 0.5) is 0 Å². The number of thiophene rings is 1. The fourth-order valence-corrected chi connectivity index (χ4v) is 3.42. The zero-order valence-electron chi connectivity index (χ0n) is 12.7. The second kappa shape index (κ2) is 7.52. The zero-order valence-corrected chi connectivity index (χ0v) is 13.5. The van der Waals surface area contributed by atoms with Crippen LogP contribution in [0.2, 0.25) is 0 Å². The molecule has 0 aromatic carbocycles. The number of aromatic nitrogens is 2. The van der Waals surface area contributed by atoms with E-state index in [0.717, 1.165) is 23.3 Å². The van der Waals surface area contributed by atoms with Gasteiger partial charge in [-0.3, -0.25) is 4.79 Å². The molecule has 0 aliphatic heterocycles. The van der Waals surface area contributed by atoms with E-state index < -0.39 is 0 Å². The Morgan fingerprint density at radius 3 is 3.04 bits per heavy atom. The molecule has 0 spiro atoms. The molecule has 7 heteroatoms. The lowest BCUT2D eigenvalue weighted by atomic mass is 10.1. The van der Waals surface area contributed by atoms with Crippen LogP contribution in [0.1, 0.15) is 53.8 Å². The molecule has 0 saturated heterocycles. The molecule has 0 bridgehead atoms. The molecule has 1 fully saturated rings. The molecule has 1 aliphatic carbocycles. The van der Waals surface area contributed by atoms with E-state index in [0.29, 0.717) is 17.6 Å². The smallest absolute Gasteiger partial charge is 0.244 e. The Hall–Kier alpha value is -1.99. The Labute approximate surface area is 138 Å². The first-order chi connectivity index (χ1) is 11.2. The summed E-state index contributed by atoms with van der Waals surface area (Å²) in [4.78, 5) is 17.1. The molecule has 0 radical (unpaired) electrons. The van der Waals surface area contributed by atoms with Crippen molar-refractivity contribution < 1.29 is 14.4 Å². The number of nitrogens with one attached hydrogen (secondary N) is 1. The second-order valence-electron chi connectivity index (χ2n) is 5.60. The number of carbonyl (C=O) groups is 1. The van der Waals surface area contributed by atoms with Crippen LogP contribution in [0.3, 0.4) is 0 Å². The number of hydrogen-bond donors (Lipinski definition) is 2. The number of hydrogen-bond acceptors (Lipinski definition) is 6. The minimum absolute atomic E-state index is 0.0116. The van der Waals surface area contributed by atoms with Gasteiger partial charge in [-0.1, -0.05) is 18.0 Å². The van der Waals surface area contributed by atoms with Gasteiger partial charge in [-0.15, -0.1) is 11.3 Å². The van der Waals surface area contributed by atoms with Crippen LogP contribution < -0.4 is 5.32 Å². The van der Waals surface area contributed by atoms with E-state index in [1.165, 1.54) is 30.3 Å². The van der Waals surface area contributed by atoms with Crippen LogP contribution in [-0.2, 0) is 17.9 Å². The first-order valence-electron chi connectivity index (χ1n) is 7.71. The van der Waals surface area contributed by atoms with Crippen molar-refractivity contribution in [1.29, 1.82) is 0 Å². The Kier molecular flexibility index (Phi) is 5.19. The van der Waals surface area contributed by atoms with Gasteiger partial charge in [0.15, 0.2) is 5.82 Å². The minimum Gasteiger partial charge on any atom is -0.392 e. The number of rotatable bonds is 6. The maximum atomic E-state index is 11.8. The van der Waals surface area contributed by atoms with Gasteiger partial charge >= 0.3 is 0 Å². The molecule has 2 aromatic rings. The standard InChI is InChI=1S/C16H19N3O3S/c20-9-11-7-13(23-10-11)5-6-15(21)17-8-14-18-16(22-19-14)12-3-1-2-4-12/h5-7,10,12,20H,1-4,8-9H2,(H,17,21). The second-order valence-corrected chi connectivity index (χ2v) is 6.54. The molecule has 122 valence electrons. The lowest BCUT2D eigenvalue weighted by molar-refractivity contribution is -0.116. The summed E-state index contributed by atoms with van der Waals surface area (Å²) in [7, 11) is 0. The van der Waals surface area contributed by atoms with Gasteiger partial charge in [0.1, 0.15) is 0 Å². The quantitative estimate of drug-likeness (QED) is 0.793. The van der Waals surface area contributed by atoms with Crippen molar-refractivity contribution >= 4 is 23.3 Å². The summed E-state index contributed by atoms with van der Waals surface area (Å²) >= 11 is 1.48. The predicted octanol–water partition coefficient (Wildman–Crippen LogP) is 2.61. The maximum absolute atomic E-state index is 11.8. The van der Waals surface area contributed by atoms with Crippen molar-refractivity contribution in [2.75, 3.05) is 0 Å². The van der Waals surface area contributed by atoms with E-state index in [1.807, 2.05) is 11.4 Å². The molecule has 0 atom stereocenters. The lowest BCUT2D eigenvalue weighted by Crippen LogP contribution is -2.20. The molecule has 2 aromatic heterocycles. The molecule has 1 saturated carbocycles. The molecule has 1 aliphatic rings. The SMILES string of the molecule is O=C(C=Cc1cc(CO)cs1)NCc1noc(C2CCCC2)n1. The monoisotopic (exact) mass is 333 g/mol. The Morgan fingerprint density at radius 1 is 1.48 bits per heavy atom. The maximum Gasteiger partial charge on any atom is 0.244 e. The van der Waals surface area contributed by atoms with E-state index in [9.17, 15) is 4.79 Å². The van der Waals surface area contributed by atoms with Crippen LogP contribution in [0, 0.1) is 0 Å². The van der Waals surface area contributed by atoms with Gasteiger partial charge in [-0.05, 0) is 35.9 Å². The first-order valence-corrected chi connectivity index (χ1v) is 8.59. The number of nitrogens with zero attached hydrogens (tertiary/aromatic N) is 2. The fraction of sp³-hybridized carbons (Fsp3) is 0.438. The summed E-state index contributed by atoms with van der Waals surface area (Å²) in [6, 6.07) is 1.85. The Bertz CT molecular complexity index is 686. The average Bonchev–Trinajstić information content (AvgIpc) is 3.31. The Morgan fingerprint density at radius 2 is 2.30 bits per heavy atom. The van der Waals surface area contributed by atoms with E-state index >= 15 is 0 Å². The third-order valence-corrected chi connectivity index (χ3v) is 4.81. The average molecular weight is 333 g/mol. The van der Waals surface area contributed by atoms with Crippen LogP contribution in [0.15, 0.2) is 22.0 Å². The highest BCUT2D eigenvalue weighted by molar-refractivity contribution is 7.11. The van der Waals surface area contributed by atoms with E-state index in [-0.39, 0.29) is 19.1 Å². The molecular formula is C16H19N3O3S. The van der Waals surface area contributed by atoms with Gasteiger partial charge < -0.3 is 14.9 Å². The van der Waals surface area contributed by atoms with Gasteiger partial charge in [-0.25, -0.2) is 0 Å². The highest BCUT2D eigenvalue weighted by Gasteiger charge is 2.22. The Balaban J connectivity index is 1.48. The summed E-state index contributed by atoms with van der Waals surface area (Å²) in [5, 5.41) is 17.5. The molecule has 1 amide bonds. The summed E-state index contributed by atoms with van der Waals surface area (Å²) in [5.41, 5.74) is 0.848. The number of carbonyl (C=O) groups excluding carboxylic acids is 1. The summed E-state index contributed by atoms with van der Waals surface area (Å²) < 4.78 is 5.27. The number of amides is 1. The van der Waals surface area contributed by atoms with Gasteiger partial charge in [0.25, 0.3) is 0 Å². The van der Waals surface area contributed by atoms with Crippen LogP contribution >= 0.6 is 11.3 Å². The predicted molar refractivity (Wildman–Crippen MR) is 86.6 cm³/mol. The largest absolute Gasteiger partial charge is 0.392 e. The van der Waals surface area contributed by atoms with Gasteiger partial charge in [0.2, 0.25) is 11.8 Å². The lowest BCUT2D eigenvalue weighted by Gasteiger charge is -1.99. The molecular weight excluding hydrogens is 314 g/mol. The molecule has 6 nitrogen and oxygen atoms in total. The van der Waals surface area contributed by atoms with Crippen molar-refractivity contribution in [3.05, 3.63) is 39.7 Å². The zero-order chi connectivity index (χ0) is 16.1. The van der Waals surface area contributed by atoms with E-state index in [1.54, 1.807) is 6.08 Å². The van der Waals surface area contributed by atoms with Crippen molar-refractivity contribution in [1.82, 2.24) is 15.5 Å². The number of aliphatic hydroxyl groups is 1. The third-order valence-electron chi connectivity index (χ3n) is 3.86. The highest BCUT2D eigenvalue weighted by atomic mass is 32.1. The third kappa shape index (κ3) is 4.27. The van der Waals surface area contributed by atoms with E-state index in [4.69, 9.17) is 9.63 Å². The van der Waals surface area contributed by atoms with Crippen LogP contribution in [0.5, 0.6) is 0 Å². The fourth-order valence-electron chi connectivity index (χ4n) is 2.63. The van der Waals surface area contributed by atoms with Gasteiger partial charge in [-0.2, -0.15) is 4.98 Å². The molecule has 23 heavy (non-hydrogen) atoms. The molecule has 2 heterocycles. The molecule has 0 unspecified atom stereocenters. The normalized spacial score (nSPS) is 15.5. The van der Waals surface area contributed by atoms with Crippen LogP contribution in [-0.4, -0.2) is 21.2 Å². The van der Waals surface area contributed by atoms with Crippen molar-refractivity contribution in [3.63, 3.8) is 0 Å². The topological polar surface area (TPSA) is 88.2 Å². The molecule has 3 rings (SSSR count). The summed E-state index contributed by atoms with van der Waals surface area (Å²) in [5.74, 6) is 1.37. The first kappa shape index (κ1) is 15.9. The summed E-state index contributed by atoms with van der Waals surface area (Å²) in [6.07, 6.45) is 7.82. The van der Waals surface area contributed by atoms with Gasteiger partial charge in [0.05, 0.1) is 13.2 Å². The van der Waals surface area contributed by atoms with Crippen molar-refractivity contribution in [2.24, 2.45) is 0 Å². The van der Waals surface area contributed by atoms with Crippen molar-refractivity contribution in [3.8, 4) is 0 Å². The minimum atomic E-state index is -0.212. The van der Waals surface area contributed by atoms with Crippen LogP contribution in [0.25, 0.3) is 6.08 Å².